The van der Waals surface area contributed by atoms with Crippen LogP contribution in [0.3, 0.4) is 0 Å². The Morgan fingerprint density at radius 1 is 0.787 bits per heavy atom. The van der Waals surface area contributed by atoms with Gasteiger partial charge in [0.1, 0.15) is 17.2 Å². The van der Waals surface area contributed by atoms with E-state index in [1.807, 2.05) is 103 Å². The van der Waals surface area contributed by atoms with Crippen molar-refractivity contribution in [3.05, 3.63) is 144 Å². The maximum Gasteiger partial charge on any atom is 0.323 e. The molecule has 3 N–H and O–H groups in total. The van der Waals surface area contributed by atoms with E-state index in [9.17, 15) is 9.90 Å². The zero-order chi connectivity index (χ0) is 32.4. The predicted molar refractivity (Wildman–Crippen MR) is 184 cm³/mol. The summed E-state index contributed by atoms with van der Waals surface area (Å²) in [5.41, 5.74) is 3.87. The third-order valence-corrected chi connectivity index (χ3v) is 8.80. The molecule has 0 saturated carbocycles. The Morgan fingerprint density at radius 2 is 1.51 bits per heavy atom. The number of para-hydroxylation sites is 2. The standard InChI is InChI=1S/C38H36N2O6S/c1-43-34-12-5-6-13-36(34)47-25-33-23-35(27-16-14-26(24-41)15-17-27)46-37(45-33)28-8-7-9-30(22-28)40-38(42)39-29-18-20-32(21-19-29)44-31-10-3-2-4-11-31/h2-22,33,35,37,41H,23-25H2,1H3,(H2,39,40,42). The minimum absolute atomic E-state index is 0.0168. The molecule has 0 aromatic heterocycles. The molecule has 6 rings (SSSR count). The van der Waals surface area contributed by atoms with Gasteiger partial charge in [0.2, 0.25) is 0 Å². The predicted octanol–water partition coefficient (Wildman–Crippen LogP) is 8.96. The van der Waals surface area contributed by atoms with Gasteiger partial charge in [-0.3, -0.25) is 0 Å². The number of rotatable bonds is 11. The number of urea groups is 1. The number of anilines is 2. The largest absolute Gasteiger partial charge is 0.496 e. The summed E-state index contributed by atoms with van der Waals surface area (Å²) in [5.74, 6) is 2.93. The number of ether oxygens (including phenoxy) is 4. The molecule has 0 spiro atoms. The second-order valence-corrected chi connectivity index (χ2v) is 12.0. The van der Waals surface area contributed by atoms with Crippen LogP contribution in [0, 0.1) is 0 Å². The fourth-order valence-electron chi connectivity index (χ4n) is 5.23. The maximum absolute atomic E-state index is 12.9. The molecule has 8 nitrogen and oxygen atoms in total. The highest BCUT2D eigenvalue weighted by molar-refractivity contribution is 7.99. The van der Waals surface area contributed by atoms with Crippen molar-refractivity contribution in [2.75, 3.05) is 23.5 Å². The molecule has 1 saturated heterocycles. The molecule has 5 aromatic rings. The van der Waals surface area contributed by atoms with E-state index in [0.717, 1.165) is 33.1 Å². The van der Waals surface area contributed by atoms with Gasteiger partial charge in [-0.2, -0.15) is 0 Å². The van der Waals surface area contributed by atoms with Crippen molar-refractivity contribution in [1.82, 2.24) is 0 Å². The zero-order valence-electron chi connectivity index (χ0n) is 25.9. The van der Waals surface area contributed by atoms with Crippen LogP contribution in [0.4, 0.5) is 16.2 Å². The summed E-state index contributed by atoms with van der Waals surface area (Å²) in [6.07, 6.45) is -0.345. The van der Waals surface area contributed by atoms with Crippen LogP contribution in [0.5, 0.6) is 17.2 Å². The van der Waals surface area contributed by atoms with Gasteiger partial charge in [-0.1, -0.05) is 66.7 Å². The van der Waals surface area contributed by atoms with Crippen LogP contribution < -0.4 is 20.1 Å². The van der Waals surface area contributed by atoms with Crippen molar-refractivity contribution in [3.63, 3.8) is 0 Å². The number of aliphatic hydroxyl groups is 1. The summed E-state index contributed by atoms with van der Waals surface area (Å²) >= 11 is 1.68. The van der Waals surface area contributed by atoms with Gasteiger partial charge in [0, 0.05) is 34.0 Å². The Bertz CT molecular complexity index is 1750. The summed E-state index contributed by atoms with van der Waals surface area (Å²) in [6.45, 7) is -0.0168. The van der Waals surface area contributed by atoms with Crippen LogP contribution >= 0.6 is 11.8 Å². The van der Waals surface area contributed by atoms with Crippen LogP contribution in [-0.4, -0.2) is 30.1 Å². The molecule has 1 fully saturated rings. The van der Waals surface area contributed by atoms with Crippen LogP contribution in [-0.2, 0) is 16.1 Å². The number of methoxy groups -OCH3 is 1. The Hall–Kier alpha value is -4.80. The van der Waals surface area contributed by atoms with Crippen molar-refractivity contribution < 1.29 is 28.8 Å². The highest BCUT2D eigenvalue weighted by atomic mass is 32.2. The molecule has 3 atom stereocenters. The normalized spacial score (nSPS) is 17.4. The highest BCUT2D eigenvalue weighted by Crippen LogP contribution is 2.41. The highest BCUT2D eigenvalue weighted by Gasteiger charge is 2.32. The number of carbonyl (C=O) groups is 1. The number of amides is 2. The Kier molecular flexibility index (Phi) is 10.7. The first kappa shape index (κ1) is 32.2. The van der Waals surface area contributed by atoms with E-state index in [0.29, 0.717) is 29.3 Å². The first-order valence-corrected chi connectivity index (χ1v) is 16.3. The van der Waals surface area contributed by atoms with Gasteiger partial charge >= 0.3 is 6.03 Å². The van der Waals surface area contributed by atoms with E-state index >= 15 is 0 Å². The van der Waals surface area contributed by atoms with Crippen LogP contribution in [0.2, 0.25) is 0 Å². The lowest BCUT2D eigenvalue weighted by Crippen LogP contribution is -2.31. The third kappa shape index (κ3) is 8.72. The monoisotopic (exact) mass is 648 g/mol. The Balaban J connectivity index is 1.13. The van der Waals surface area contributed by atoms with Crippen molar-refractivity contribution in [2.24, 2.45) is 0 Å². The summed E-state index contributed by atoms with van der Waals surface area (Å²) in [7, 11) is 1.67. The second kappa shape index (κ2) is 15.7. The number of nitrogens with one attached hydrogen (secondary N) is 2. The molecule has 1 aliphatic heterocycles. The van der Waals surface area contributed by atoms with Crippen molar-refractivity contribution in [1.29, 1.82) is 0 Å². The molecule has 1 aliphatic rings. The number of carbonyl (C=O) groups excluding carboxylic acids is 1. The average Bonchev–Trinajstić information content (AvgIpc) is 3.12. The Labute approximate surface area is 278 Å². The number of hydrogen-bond donors (Lipinski definition) is 3. The van der Waals surface area contributed by atoms with Crippen molar-refractivity contribution in [2.45, 2.75) is 36.4 Å². The van der Waals surface area contributed by atoms with Crippen LogP contribution in [0.1, 0.15) is 35.5 Å². The molecular formula is C38H36N2O6S. The number of thioether (sulfide) groups is 1. The first-order chi connectivity index (χ1) is 23.1. The maximum atomic E-state index is 12.9. The zero-order valence-corrected chi connectivity index (χ0v) is 26.7. The molecule has 240 valence electrons. The SMILES string of the molecule is COc1ccccc1SCC1CC(c2ccc(CO)cc2)OC(c2cccc(NC(=O)Nc3ccc(Oc4ccccc4)cc3)c2)O1. The van der Waals surface area contributed by atoms with E-state index in [2.05, 4.69) is 10.6 Å². The van der Waals surface area contributed by atoms with Gasteiger partial charge in [-0.25, -0.2) is 4.79 Å². The minimum Gasteiger partial charge on any atom is -0.496 e. The summed E-state index contributed by atoms with van der Waals surface area (Å²) in [5, 5.41) is 15.3. The number of hydrogen-bond acceptors (Lipinski definition) is 7. The smallest absolute Gasteiger partial charge is 0.323 e. The molecule has 0 aliphatic carbocycles. The third-order valence-electron chi connectivity index (χ3n) is 7.62. The van der Waals surface area contributed by atoms with E-state index in [-0.39, 0.29) is 24.8 Å². The van der Waals surface area contributed by atoms with Gasteiger partial charge in [-0.15, -0.1) is 11.8 Å². The van der Waals surface area contributed by atoms with Crippen molar-refractivity contribution in [3.8, 4) is 17.2 Å². The fourth-order valence-corrected chi connectivity index (χ4v) is 6.28. The van der Waals surface area contributed by atoms with Gasteiger partial charge < -0.3 is 34.7 Å². The van der Waals surface area contributed by atoms with Gasteiger partial charge in [0.25, 0.3) is 0 Å². The molecule has 9 heteroatoms. The van der Waals surface area contributed by atoms with Crippen LogP contribution in [0.15, 0.2) is 132 Å². The minimum atomic E-state index is -0.656. The van der Waals surface area contributed by atoms with Crippen molar-refractivity contribution >= 4 is 29.2 Å². The fraction of sp³-hybridized carbons (Fsp3) is 0.184. The molecule has 3 unspecified atom stereocenters. The lowest BCUT2D eigenvalue weighted by molar-refractivity contribution is -0.245. The first-order valence-electron chi connectivity index (χ1n) is 15.3. The number of aliphatic hydroxyl groups excluding tert-OH is 1. The van der Waals surface area contributed by atoms with Gasteiger partial charge in [-0.05, 0) is 71.8 Å². The molecular weight excluding hydrogens is 612 g/mol. The molecule has 2 amide bonds. The van der Waals surface area contributed by atoms with E-state index < -0.39 is 6.29 Å². The van der Waals surface area contributed by atoms with E-state index in [4.69, 9.17) is 18.9 Å². The van der Waals surface area contributed by atoms with Crippen LogP contribution in [0.25, 0.3) is 0 Å². The quantitative estimate of drug-likeness (QED) is 0.123. The van der Waals surface area contributed by atoms with E-state index in [1.54, 1.807) is 43.1 Å². The topological polar surface area (TPSA) is 98.3 Å². The second-order valence-electron chi connectivity index (χ2n) is 11.0. The number of benzene rings is 5. The molecule has 47 heavy (non-hydrogen) atoms. The summed E-state index contributed by atoms with van der Waals surface area (Å²) in [6, 6.07) is 39.5. The summed E-state index contributed by atoms with van der Waals surface area (Å²) < 4.78 is 24.4. The summed E-state index contributed by atoms with van der Waals surface area (Å²) in [4.78, 5) is 14.0. The molecule has 1 heterocycles. The molecule has 0 radical (unpaired) electrons. The molecule has 0 bridgehead atoms. The van der Waals surface area contributed by atoms with Gasteiger partial charge in [0.15, 0.2) is 6.29 Å². The Morgan fingerprint density at radius 3 is 2.28 bits per heavy atom. The molecule has 5 aromatic carbocycles. The average molecular weight is 649 g/mol. The lowest BCUT2D eigenvalue weighted by atomic mass is 10.0. The van der Waals surface area contributed by atoms with Gasteiger partial charge in [0.05, 0.1) is 25.9 Å². The lowest BCUT2D eigenvalue weighted by Gasteiger charge is -2.36. The van der Waals surface area contributed by atoms with E-state index in [1.165, 1.54) is 0 Å².